The quantitative estimate of drug-likeness (QED) is 0.414. The second kappa shape index (κ2) is 11.9. The molecule has 0 unspecified atom stereocenters. The Bertz CT molecular complexity index is 548. The Balaban J connectivity index is 4.60. The van der Waals surface area contributed by atoms with Crippen LogP contribution >= 0.6 is 0 Å². The molecule has 3 atom stereocenters. The number of esters is 1. The highest BCUT2D eigenvalue weighted by molar-refractivity contribution is 5.66. The lowest BCUT2D eigenvalue weighted by Crippen LogP contribution is -2.26. The normalized spacial score (nSPS) is 17.1. The highest BCUT2D eigenvalue weighted by Crippen LogP contribution is 2.17. The van der Waals surface area contributed by atoms with Gasteiger partial charge in [0.05, 0.1) is 11.7 Å². The lowest BCUT2D eigenvalue weighted by Gasteiger charge is -2.20. The van der Waals surface area contributed by atoms with Gasteiger partial charge in [-0.3, -0.25) is 4.79 Å². The van der Waals surface area contributed by atoms with E-state index < -0.39 is 11.7 Å². The number of hydrogen-bond acceptors (Lipinski definition) is 4. The summed E-state index contributed by atoms with van der Waals surface area (Å²) in [7, 11) is 0. The second-order valence-corrected chi connectivity index (χ2v) is 7.53. The van der Waals surface area contributed by atoms with Gasteiger partial charge in [0.2, 0.25) is 0 Å². The molecule has 0 aromatic heterocycles. The largest absolute Gasteiger partial charge is 0.458 e. The number of aliphatic hydroxyl groups is 2. The lowest BCUT2D eigenvalue weighted by atomic mass is 9.97. The standard InChI is InChI=1S/C22H36O4/c1-8-22(7,25)15-20(24)13-17(4)10-9-11-18(5)14-21(12-16(2)3)26-19(6)23/h8,11-13,20-21,24-25H,1,9-10,14-15H2,2-7H3/b17-13+,18-11+/t20-,21-,22-/m1/s1. The minimum absolute atomic E-state index is 0.228. The summed E-state index contributed by atoms with van der Waals surface area (Å²) in [6.45, 7) is 14.6. The second-order valence-electron chi connectivity index (χ2n) is 7.53. The number of hydrogen-bond donors (Lipinski definition) is 2. The molecule has 4 heteroatoms. The van der Waals surface area contributed by atoms with Crippen molar-refractivity contribution in [2.75, 3.05) is 0 Å². The van der Waals surface area contributed by atoms with Gasteiger partial charge in [0.25, 0.3) is 0 Å². The van der Waals surface area contributed by atoms with Gasteiger partial charge in [-0.1, -0.05) is 34.9 Å². The van der Waals surface area contributed by atoms with Crippen LogP contribution in [0.3, 0.4) is 0 Å². The van der Waals surface area contributed by atoms with E-state index in [4.69, 9.17) is 4.74 Å². The van der Waals surface area contributed by atoms with Crippen molar-refractivity contribution in [3.8, 4) is 0 Å². The maximum Gasteiger partial charge on any atom is 0.303 e. The number of carbonyl (C=O) groups excluding carboxylic acids is 1. The molecule has 0 amide bonds. The molecule has 2 N–H and O–H groups in total. The molecule has 0 spiro atoms. The number of carbonyl (C=O) groups is 1. The van der Waals surface area contributed by atoms with Crippen molar-refractivity contribution < 1.29 is 19.7 Å². The topological polar surface area (TPSA) is 66.8 Å². The van der Waals surface area contributed by atoms with Crippen molar-refractivity contribution in [2.45, 2.75) is 85.0 Å². The molecule has 26 heavy (non-hydrogen) atoms. The molecular weight excluding hydrogens is 328 g/mol. The van der Waals surface area contributed by atoms with Crippen molar-refractivity contribution in [3.63, 3.8) is 0 Å². The van der Waals surface area contributed by atoms with E-state index in [0.29, 0.717) is 6.42 Å². The van der Waals surface area contributed by atoms with Gasteiger partial charge in [0, 0.05) is 19.8 Å². The van der Waals surface area contributed by atoms with Crippen LogP contribution in [-0.4, -0.2) is 34.0 Å². The van der Waals surface area contributed by atoms with Crippen molar-refractivity contribution >= 4 is 5.97 Å². The Kier molecular flexibility index (Phi) is 11.1. The fourth-order valence-corrected chi connectivity index (χ4v) is 2.64. The SMILES string of the molecule is C=C[C@@](C)(O)C[C@H](O)/C=C(\C)CC/C=C(\C)C[C@@H](C=C(C)C)OC(C)=O. The lowest BCUT2D eigenvalue weighted by molar-refractivity contribution is -0.144. The number of aliphatic hydroxyl groups excluding tert-OH is 1. The summed E-state index contributed by atoms with van der Waals surface area (Å²) in [5, 5.41) is 19.9. The maximum atomic E-state index is 11.2. The van der Waals surface area contributed by atoms with E-state index >= 15 is 0 Å². The van der Waals surface area contributed by atoms with Crippen LogP contribution in [0.1, 0.15) is 67.2 Å². The molecule has 0 saturated heterocycles. The minimum Gasteiger partial charge on any atom is -0.458 e. The van der Waals surface area contributed by atoms with E-state index in [2.05, 4.69) is 12.7 Å². The molecule has 0 aromatic rings. The third-order valence-corrected chi connectivity index (χ3v) is 3.93. The third kappa shape index (κ3) is 12.7. The first-order valence-electron chi connectivity index (χ1n) is 9.14. The summed E-state index contributed by atoms with van der Waals surface area (Å²) in [4.78, 5) is 11.2. The van der Waals surface area contributed by atoms with Crippen LogP contribution < -0.4 is 0 Å². The predicted molar refractivity (Wildman–Crippen MR) is 108 cm³/mol. The molecule has 0 bridgehead atoms. The summed E-state index contributed by atoms with van der Waals surface area (Å²) in [6.07, 6.45) is 8.99. The first-order valence-corrected chi connectivity index (χ1v) is 9.14. The predicted octanol–water partition coefficient (Wildman–Crippen LogP) is 4.64. The highest BCUT2D eigenvalue weighted by atomic mass is 16.5. The number of rotatable bonds is 11. The van der Waals surface area contributed by atoms with E-state index in [1.807, 2.05) is 33.8 Å². The fourth-order valence-electron chi connectivity index (χ4n) is 2.64. The first kappa shape index (κ1) is 24.4. The Morgan fingerprint density at radius 1 is 1.15 bits per heavy atom. The molecule has 0 saturated carbocycles. The van der Waals surface area contributed by atoms with Crippen molar-refractivity contribution in [1.82, 2.24) is 0 Å². The fraction of sp³-hybridized carbons (Fsp3) is 0.591. The van der Waals surface area contributed by atoms with Gasteiger partial charge in [0.1, 0.15) is 6.10 Å². The molecule has 148 valence electrons. The van der Waals surface area contributed by atoms with Crippen molar-refractivity contribution in [1.29, 1.82) is 0 Å². The highest BCUT2D eigenvalue weighted by Gasteiger charge is 2.19. The molecule has 0 aliphatic carbocycles. The Hall–Kier alpha value is -1.65. The molecule has 0 aliphatic heterocycles. The molecule has 0 aliphatic rings. The molecule has 0 radical (unpaired) electrons. The molecule has 0 rings (SSSR count). The van der Waals surface area contributed by atoms with Crippen LogP contribution in [0.25, 0.3) is 0 Å². The zero-order chi connectivity index (χ0) is 20.3. The Labute approximate surface area is 159 Å². The summed E-state index contributed by atoms with van der Waals surface area (Å²) in [5.74, 6) is -0.275. The average molecular weight is 365 g/mol. The van der Waals surface area contributed by atoms with E-state index in [0.717, 1.165) is 29.6 Å². The van der Waals surface area contributed by atoms with Gasteiger partial charge in [-0.05, 0) is 53.5 Å². The summed E-state index contributed by atoms with van der Waals surface area (Å²) in [5.41, 5.74) is 2.29. The van der Waals surface area contributed by atoms with Crippen molar-refractivity contribution in [2.24, 2.45) is 0 Å². The van der Waals surface area contributed by atoms with Crippen LogP contribution in [0.15, 0.2) is 47.6 Å². The van der Waals surface area contributed by atoms with E-state index in [1.165, 1.54) is 13.0 Å². The zero-order valence-corrected chi connectivity index (χ0v) is 17.2. The van der Waals surface area contributed by atoms with Gasteiger partial charge in [-0.2, -0.15) is 0 Å². The van der Waals surface area contributed by atoms with Gasteiger partial charge >= 0.3 is 5.97 Å². The first-order chi connectivity index (χ1) is 11.9. The van der Waals surface area contributed by atoms with Gasteiger partial charge in [0.15, 0.2) is 0 Å². The average Bonchev–Trinajstić information content (AvgIpc) is 2.44. The number of allylic oxidation sites excluding steroid dienone is 3. The van der Waals surface area contributed by atoms with Gasteiger partial charge < -0.3 is 14.9 Å². The summed E-state index contributed by atoms with van der Waals surface area (Å²) in [6, 6.07) is 0. The molecule has 0 fully saturated rings. The van der Waals surface area contributed by atoms with E-state index in [9.17, 15) is 15.0 Å². The Morgan fingerprint density at radius 3 is 2.27 bits per heavy atom. The maximum absolute atomic E-state index is 11.2. The number of ether oxygens (including phenoxy) is 1. The molecule has 0 heterocycles. The summed E-state index contributed by atoms with van der Waals surface area (Å²) >= 11 is 0. The van der Waals surface area contributed by atoms with E-state index in [1.54, 1.807) is 13.0 Å². The Morgan fingerprint density at radius 2 is 1.77 bits per heavy atom. The third-order valence-electron chi connectivity index (χ3n) is 3.93. The van der Waals surface area contributed by atoms with Crippen LogP contribution in [0, 0.1) is 0 Å². The van der Waals surface area contributed by atoms with E-state index in [-0.39, 0.29) is 18.5 Å². The van der Waals surface area contributed by atoms with Crippen molar-refractivity contribution in [3.05, 3.63) is 47.6 Å². The molecule has 4 nitrogen and oxygen atoms in total. The van der Waals surface area contributed by atoms with Crippen LogP contribution in [0.2, 0.25) is 0 Å². The molecular formula is C22H36O4. The van der Waals surface area contributed by atoms with Crippen LogP contribution in [-0.2, 0) is 9.53 Å². The molecule has 0 aromatic carbocycles. The monoisotopic (exact) mass is 364 g/mol. The smallest absolute Gasteiger partial charge is 0.303 e. The van der Waals surface area contributed by atoms with Gasteiger partial charge in [-0.15, -0.1) is 6.58 Å². The van der Waals surface area contributed by atoms with Crippen LogP contribution in [0.5, 0.6) is 0 Å². The minimum atomic E-state index is -1.07. The summed E-state index contributed by atoms with van der Waals surface area (Å²) < 4.78 is 5.34. The van der Waals surface area contributed by atoms with Crippen LogP contribution in [0.4, 0.5) is 0 Å². The zero-order valence-electron chi connectivity index (χ0n) is 17.2. The van der Waals surface area contributed by atoms with Gasteiger partial charge in [-0.25, -0.2) is 0 Å².